The molecule has 0 atom stereocenters. The lowest BCUT2D eigenvalue weighted by Gasteiger charge is -2.07. The molecule has 0 saturated carbocycles. The van der Waals surface area contributed by atoms with Crippen LogP contribution in [0.15, 0.2) is 47.4 Å². The zero-order chi connectivity index (χ0) is 17.9. The van der Waals surface area contributed by atoms with Gasteiger partial charge in [0, 0.05) is 6.54 Å². The molecule has 1 amide bonds. The third kappa shape index (κ3) is 4.30. The van der Waals surface area contributed by atoms with Gasteiger partial charge in [0.25, 0.3) is 0 Å². The number of nitrogens with one attached hydrogen (secondary N) is 1. The zero-order valence-corrected chi connectivity index (χ0v) is 14.6. The number of amides is 1. The number of benzene rings is 2. The fraction of sp³-hybridized carbons (Fsp3) is 0.278. The van der Waals surface area contributed by atoms with Crippen molar-refractivity contribution < 1.29 is 22.7 Å². The standard InChI is InChI=1S/C18H19NO5S/c1-13-2-5-15(6-3-13)25(21,22)11-18(20)19-9-8-14-4-7-16-17(10-14)24-12-23-16/h2-7,10H,8-9,11-12H2,1H3,(H,19,20). The molecular formula is C18H19NO5S. The van der Waals surface area contributed by atoms with Gasteiger partial charge in [0.15, 0.2) is 21.3 Å². The molecule has 132 valence electrons. The van der Waals surface area contributed by atoms with Gasteiger partial charge in [-0.2, -0.15) is 0 Å². The second-order valence-corrected chi connectivity index (χ2v) is 7.85. The Morgan fingerprint density at radius 1 is 1.08 bits per heavy atom. The van der Waals surface area contributed by atoms with Crippen molar-refractivity contribution in [2.24, 2.45) is 0 Å². The smallest absolute Gasteiger partial charge is 0.235 e. The molecule has 1 aliphatic heterocycles. The Balaban J connectivity index is 1.52. The first kappa shape index (κ1) is 17.3. The van der Waals surface area contributed by atoms with Gasteiger partial charge in [-0.05, 0) is 43.2 Å². The lowest BCUT2D eigenvalue weighted by atomic mass is 10.1. The SMILES string of the molecule is Cc1ccc(S(=O)(=O)CC(=O)NCCc2ccc3c(c2)OCO3)cc1. The molecule has 0 unspecified atom stereocenters. The summed E-state index contributed by atoms with van der Waals surface area (Å²) in [6.07, 6.45) is 0.576. The number of carbonyl (C=O) groups is 1. The van der Waals surface area contributed by atoms with Crippen LogP contribution in [0.25, 0.3) is 0 Å². The van der Waals surface area contributed by atoms with E-state index >= 15 is 0 Å². The predicted molar refractivity (Wildman–Crippen MR) is 92.5 cm³/mol. The fourth-order valence-electron chi connectivity index (χ4n) is 2.50. The monoisotopic (exact) mass is 361 g/mol. The van der Waals surface area contributed by atoms with Gasteiger partial charge in [0.1, 0.15) is 5.75 Å². The molecule has 0 aliphatic carbocycles. The first-order valence-corrected chi connectivity index (χ1v) is 9.54. The Kier molecular flexibility index (Phi) is 4.94. The van der Waals surface area contributed by atoms with E-state index in [1.54, 1.807) is 12.1 Å². The van der Waals surface area contributed by atoms with Crippen LogP contribution in [0, 0.1) is 6.92 Å². The molecule has 2 aromatic carbocycles. The number of ether oxygens (including phenoxy) is 2. The van der Waals surface area contributed by atoms with Crippen LogP contribution in [0.4, 0.5) is 0 Å². The molecule has 7 heteroatoms. The van der Waals surface area contributed by atoms with Crippen molar-refractivity contribution >= 4 is 15.7 Å². The molecule has 1 aliphatic rings. The van der Waals surface area contributed by atoms with Crippen LogP contribution in [0.3, 0.4) is 0 Å². The Bertz CT molecular complexity index is 875. The molecule has 0 spiro atoms. The van der Waals surface area contributed by atoms with Crippen LogP contribution in [0.2, 0.25) is 0 Å². The van der Waals surface area contributed by atoms with Gasteiger partial charge in [-0.1, -0.05) is 23.8 Å². The van der Waals surface area contributed by atoms with Crippen molar-refractivity contribution in [1.29, 1.82) is 0 Å². The van der Waals surface area contributed by atoms with Crippen molar-refractivity contribution in [3.63, 3.8) is 0 Å². The summed E-state index contributed by atoms with van der Waals surface area (Å²) in [5, 5.41) is 2.65. The average Bonchev–Trinajstić information content (AvgIpc) is 3.02. The zero-order valence-electron chi connectivity index (χ0n) is 13.8. The highest BCUT2D eigenvalue weighted by Gasteiger charge is 2.19. The molecular weight excluding hydrogens is 342 g/mol. The molecule has 0 fully saturated rings. The lowest BCUT2D eigenvalue weighted by Crippen LogP contribution is -2.31. The topological polar surface area (TPSA) is 81.7 Å². The average molecular weight is 361 g/mol. The second kappa shape index (κ2) is 7.14. The predicted octanol–water partition coefficient (Wildman–Crippen LogP) is 1.86. The summed E-state index contributed by atoms with van der Waals surface area (Å²) in [5.41, 5.74) is 1.94. The minimum atomic E-state index is -3.63. The second-order valence-electron chi connectivity index (χ2n) is 5.86. The van der Waals surface area contributed by atoms with E-state index in [9.17, 15) is 13.2 Å². The number of fused-ring (bicyclic) bond motifs is 1. The minimum absolute atomic E-state index is 0.157. The molecule has 1 heterocycles. The molecule has 0 bridgehead atoms. The van der Waals surface area contributed by atoms with E-state index in [1.165, 1.54) is 12.1 Å². The molecule has 25 heavy (non-hydrogen) atoms. The summed E-state index contributed by atoms with van der Waals surface area (Å²) in [4.78, 5) is 12.1. The van der Waals surface area contributed by atoms with Crippen molar-refractivity contribution in [1.82, 2.24) is 5.32 Å². The van der Waals surface area contributed by atoms with Crippen molar-refractivity contribution in [2.45, 2.75) is 18.2 Å². The quantitative estimate of drug-likeness (QED) is 0.849. The highest BCUT2D eigenvalue weighted by Crippen LogP contribution is 2.32. The molecule has 0 radical (unpaired) electrons. The molecule has 6 nitrogen and oxygen atoms in total. The summed E-state index contributed by atoms with van der Waals surface area (Å²) in [6.45, 7) is 2.44. The first-order valence-electron chi connectivity index (χ1n) is 7.89. The summed E-state index contributed by atoms with van der Waals surface area (Å²) in [6, 6.07) is 12.0. The number of sulfone groups is 1. The van der Waals surface area contributed by atoms with E-state index in [-0.39, 0.29) is 11.7 Å². The van der Waals surface area contributed by atoms with Gasteiger partial charge in [-0.15, -0.1) is 0 Å². The summed E-state index contributed by atoms with van der Waals surface area (Å²) in [5.74, 6) is 0.320. The normalized spacial score (nSPS) is 12.8. The molecule has 3 rings (SSSR count). The number of hydrogen-bond donors (Lipinski definition) is 1. The Labute approximate surface area is 146 Å². The van der Waals surface area contributed by atoms with Crippen LogP contribution in [-0.4, -0.2) is 33.4 Å². The lowest BCUT2D eigenvalue weighted by molar-refractivity contribution is -0.118. The molecule has 1 N–H and O–H groups in total. The van der Waals surface area contributed by atoms with E-state index in [1.807, 2.05) is 25.1 Å². The van der Waals surface area contributed by atoms with E-state index in [0.29, 0.717) is 24.5 Å². The number of rotatable bonds is 6. The maximum Gasteiger partial charge on any atom is 0.235 e. The number of aryl methyl sites for hydroxylation is 1. The third-order valence-electron chi connectivity index (χ3n) is 3.87. The van der Waals surface area contributed by atoms with Crippen LogP contribution in [-0.2, 0) is 21.1 Å². The highest BCUT2D eigenvalue weighted by atomic mass is 32.2. The molecule has 2 aromatic rings. The van der Waals surface area contributed by atoms with Crippen molar-refractivity contribution in [3.8, 4) is 11.5 Å². The Morgan fingerprint density at radius 3 is 2.56 bits per heavy atom. The minimum Gasteiger partial charge on any atom is -0.454 e. The summed E-state index contributed by atoms with van der Waals surface area (Å²) in [7, 11) is -3.63. The van der Waals surface area contributed by atoms with E-state index in [4.69, 9.17) is 9.47 Å². The number of hydrogen-bond acceptors (Lipinski definition) is 5. The highest BCUT2D eigenvalue weighted by molar-refractivity contribution is 7.92. The van der Waals surface area contributed by atoms with Gasteiger partial charge in [0.2, 0.25) is 12.7 Å². The van der Waals surface area contributed by atoms with Crippen LogP contribution >= 0.6 is 0 Å². The van der Waals surface area contributed by atoms with Gasteiger partial charge < -0.3 is 14.8 Å². The van der Waals surface area contributed by atoms with E-state index in [2.05, 4.69) is 5.32 Å². The molecule has 0 saturated heterocycles. The Hall–Kier alpha value is -2.54. The van der Waals surface area contributed by atoms with Crippen LogP contribution < -0.4 is 14.8 Å². The summed E-state index contributed by atoms with van der Waals surface area (Å²) < 4.78 is 35.0. The van der Waals surface area contributed by atoms with Gasteiger partial charge in [-0.3, -0.25) is 4.79 Å². The fourth-order valence-corrected chi connectivity index (χ4v) is 3.66. The molecule has 0 aromatic heterocycles. The van der Waals surface area contributed by atoms with Crippen LogP contribution in [0.1, 0.15) is 11.1 Å². The van der Waals surface area contributed by atoms with Gasteiger partial charge >= 0.3 is 0 Å². The van der Waals surface area contributed by atoms with Gasteiger partial charge in [0.05, 0.1) is 4.90 Å². The first-order chi connectivity index (χ1) is 11.9. The maximum absolute atomic E-state index is 12.2. The van der Waals surface area contributed by atoms with E-state index < -0.39 is 21.5 Å². The van der Waals surface area contributed by atoms with Gasteiger partial charge in [-0.25, -0.2) is 8.42 Å². The maximum atomic E-state index is 12.2. The Morgan fingerprint density at radius 2 is 1.80 bits per heavy atom. The third-order valence-corrected chi connectivity index (χ3v) is 5.51. The van der Waals surface area contributed by atoms with Crippen molar-refractivity contribution in [2.75, 3.05) is 19.1 Å². The number of carbonyl (C=O) groups excluding carboxylic acids is 1. The van der Waals surface area contributed by atoms with Crippen LogP contribution in [0.5, 0.6) is 11.5 Å². The van der Waals surface area contributed by atoms with E-state index in [0.717, 1.165) is 11.1 Å². The van der Waals surface area contributed by atoms with Crippen molar-refractivity contribution in [3.05, 3.63) is 53.6 Å². The summed E-state index contributed by atoms with van der Waals surface area (Å²) >= 11 is 0. The largest absolute Gasteiger partial charge is 0.454 e.